The van der Waals surface area contributed by atoms with Gasteiger partial charge in [0.25, 0.3) is 11.8 Å². The number of carbonyl (C=O) groups excluding carboxylic acids is 3. The summed E-state index contributed by atoms with van der Waals surface area (Å²) >= 11 is 1.35. The van der Waals surface area contributed by atoms with Crippen molar-refractivity contribution in [3.05, 3.63) is 76.4 Å². The van der Waals surface area contributed by atoms with Crippen molar-refractivity contribution in [2.24, 2.45) is 0 Å². The van der Waals surface area contributed by atoms with Gasteiger partial charge < -0.3 is 9.88 Å². The van der Waals surface area contributed by atoms with Crippen molar-refractivity contribution >= 4 is 45.1 Å². The zero-order valence-electron chi connectivity index (χ0n) is 18.7. The smallest absolute Gasteiger partial charge is 0.261 e. The number of hydrogen-bond acceptors (Lipinski definition) is 6. The summed E-state index contributed by atoms with van der Waals surface area (Å²) in [6, 6.07) is 15.0. The van der Waals surface area contributed by atoms with Crippen molar-refractivity contribution in [3.8, 4) is 0 Å². The first-order valence-corrected chi connectivity index (χ1v) is 12.0. The third kappa shape index (κ3) is 4.10. The number of hydrogen-bond donors (Lipinski definition) is 1. The van der Waals surface area contributed by atoms with Gasteiger partial charge in [-0.05, 0) is 37.1 Å². The van der Waals surface area contributed by atoms with E-state index in [2.05, 4.69) is 45.3 Å². The predicted molar refractivity (Wildman–Crippen MR) is 130 cm³/mol. The minimum Gasteiger partial charge on any atom is -0.347 e. The molecule has 172 valence electrons. The molecule has 1 aliphatic rings. The van der Waals surface area contributed by atoms with Crippen LogP contribution < -0.4 is 5.32 Å². The van der Waals surface area contributed by atoms with Crippen LogP contribution >= 0.6 is 11.3 Å². The number of rotatable bonds is 8. The summed E-state index contributed by atoms with van der Waals surface area (Å²) in [6.45, 7) is 3.20. The van der Waals surface area contributed by atoms with Crippen molar-refractivity contribution in [2.45, 2.75) is 32.7 Å². The van der Waals surface area contributed by atoms with Crippen LogP contribution in [0.3, 0.4) is 0 Å². The summed E-state index contributed by atoms with van der Waals surface area (Å²) in [4.78, 5) is 38.4. The number of benzene rings is 2. The van der Waals surface area contributed by atoms with E-state index in [4.69, 9.17) is 0 Å². The van der Waals surface area contributed by atoms with E-state index in [1.165, 1.54) is 32.7 Å². The standard InChI is InChI=1S/C25H23N5O3S/c1-2-29-15-16(17-8-5-6-11-20(17)29)14-22-27-28-25(34-22)26-21(31)12-7-13-30-23(32)18-9-3-4-10-19(18)24(30)33/h3-6,8-11,15H,2,7,12-14H2,1H3,(H,26,28,31). The Balaban J connectivity index is 1.16. The Labute approximate surface area is 200 Å². The fourth-order valence-corrected chi connectivity index (χ4v) is 5.06. The summed E-state index contributed by atoms with van der Waals surface area (Å²) in [7, 11) is 0. The van der Waals surface area contributed by atoms with Gasteiger partial charge in [-0.25, -0.2) is 0 Å². The van der Waals surface area contributed by atoms with Gasteiger partial charge in [-0.1, -0.05) is 41.7 Å². The van der Waals surface area contributed by atoms with E-state index in [1.807, 2.05) is 12.1 Å². The van der Waals surface area contributed by atoms with Gasteiger partial charge in [0, 0.05) is 43.0 Å². The van der Waals surface area contributed by atoms with E-state index < -0.39 is 0 Å². The van der Waals surface area contributed by atoms with E-state index in [-0.39, 0.29) is 30.7 Å². The molecule has 34 heavy (non-hydrogen) atoms. The van der Waals surface area contributed by atoms with Crippen molar-refractivity contribution in [3.63, 3.8) is 0 Å². The number of carbonyl (C=O) groups is 3. The Morgan fingerprint density at radius 3 is 2.44 bits per heavy atom. The van der Waals surface area contributed by atoms with Crippen LogP contribution in [0.1, 0.15) is 51.1 Å². The molecule has 0 bridgehead atoms. The quantitative estimate of drug-likeness (QED) is 0.388. The second-order valence-electron chi connectivity index (χ2n) is 8.09. The lowest BCUT2D eigenvalue weighted by molar-refractivity contribution is -0.116. The minimum absolute atomic E-state index is 0.173. The number of imide groups is 1. The van der Waals surface area contributed by atoms with Crippen molar-refractivity contribution < 1.29 is 14.4 Å². The van der Waals surface area contributed by atoms with E-state index in [0.717, 1.165) is 11.6 Å². The molecule has 9 heteroatoms. The lowest BCUT2D eigenvalue weighted by atomic mass is 10.1. The van der Waals surface area contributed by atoms with Gasteiger partial charge in [-0.2, -0.15) is 0 Å². The summed E-state index contributed by atoms with van der Waals surface area (Å²) in [6.07, 6.45) is 3.33. The van der Waals surface area contributed by atoms with E-state index >= 15 is 0 Å². The van der Waals surface area contributed by atoms with E-state index in [0.29, 0.717) is 29.1 Å². The molecule has 3 amide bonds. The summed E-state index contributed by atoms with van der Waals surface area (Å²) < 4.78 is 2.21. The molecule has 1 aliphatic heterocycles. The third-order valence-corrected chi connectivity index (χ3v) is 6.77. The minimum atomic E-state index is -0.306. The van der Waals surface area contributed by atoms with Crippen LogP contribution in [0.5, 0.6) is 0 Å². The van der Waals surface area contributed by atoms with Crippen LogP contribution in [0.4, 0.5) is 5.13 Å². The van der Waals surface area contributed by atoms with Crippen LogP contribution in [0.25, 0.3) is 10.9 Å². The molecular formula is C25H23N5O3S. The molecule has 2 aromatic carbocycles. The number of aryl methyl sites for hydroxylation is 1. The number of nitrogens with zero attached hydrogens (tertiary/aromatic N) is 4. The number of nitrogens with one attached hydrogen (secondary N) is 1. The summed E-state index contributed by atoms with van der Waals surface area (Å²) in [5.74, 6) is -0.833. The zero-order chi connectivity index (χ0) is 23.7. The molecule has 2 aromatic heterocycles. The Kier molecular flexibility index (Phi) is 5.93. The molecule has 0 radical (unpaired) electrons. The second kappa shape index (κ2) is 9.18. The molecule has 0 saturated carbocycles. The normalized spacial score (nSPS) is 13.0. The average molecular weight is 474 g/mol. The van der Waals surface area contributed by atoms with Crippen LogP contribution in [0, 0.1) is 0 Å². The number of aromatic nitrogens is 3. The fourth-order valence-electron chi connectivity index (χ4n) is 4.29. The third-order valence-electron chi connectivity index (χ3n) is 5.93. The lowest BCUT2D eigenvalue weighted by Crippen LogP contribution is -2.31. The number of anilines is 1. The van der Waals surface area contributed by atoms with E-state index in [1.54, 1.807) is 24.3 Å². The number of amides is 3. The largest absolute Gasteiger partial charge is 0.347 e. The fraction of sp³-hybridized carbons (Fsp3) is 0.240. The monoisotopic (exact) mass is 473 g/mol. The first kappa shape index (κ1) is 22.0. The first-order chi connectivity index (χ1) is 16.5. The first-order valence-electron chi connectivity index (χ1n) is 11.2. The maximum absolute atomic E-state index is 12.4. The van der Waals surface area contributed by atoms with Gasteiger partial charge in [-0.3, -0.25) is 19.3 Å². The second-order valence-corrected chi connectivity index (χ2v) is 9.16. The van der Waals surface area contributed by atoms with Crippen molar-refractivity contribution in [2.75, 3.05) is 11.9 Å². The Hall–Kier alpha value is -3.85. The molecule has 4 aromatic rings. The maximum atomic E-state index is 12.4. The summed E-state index contributed by atoms with van der Waals surface area (Å²) in [5.41, 5.74) is 3.20. The highest BCUT2D eigenvalue weighted by atomic mass is 32.1. The van der Waals surface area contributed by atoms with Crippen molar-refractivity contribution in [1.29, 1.82) is 0 Å². The van der Waals surface area contributed by atoms with Gasteiger partial charge in [0.2, 0.25) is 11.0 Å². The van der Waals surface area contributed by atoms with Crippen molar-refractivity contribution in [1.82, 2.24) is 19.7 Å². The molecule has 0 atom stereocenters. The highest BCUT2D eigenvalue weighted by molar-refractivity contribution is 7.15. The molecule has 0 spiro atoms. The topological polar surface area (TPSA) is 97.2 Å². The van der Waals surface area contributed by atoms with Crippen LogP contribution in [-0.2, 0) is 17.8 Å². The Bertz CT molecular complexity index is 1370. The molecule has 0 fully saturated rings. The zero-order valence-corrected chi connectivity index (χ0v) is 19.5. The molecule has 1 N–H and O–H groups in total. The molecule has 0 saturated heterocycles. The van der Waals surface area contributed by atoms with Crippen LogP contribution in [0.15, 0.2) is 54.7 Å². The molecule has 5 rings (SSSR count). The number of para-hydroxylation sites is 1. The number of fused-ring (bicyclic) bond motifs is 2. The average Bonchev–Trinajstić information content (AvgIpc) is 3.51. The molecule has 8 nitrogen and oxygen atoms in total. The lowest BCUT2D eigenvalue weighted by Gasteiger charge is -2.13. The van der Waals surface area contributed by atoms with Crippen LogP contribution in [-0.4, -0.2) is 43.9 Å². The van der Waals surface area contributed by atoms with E-state index in [9.17, 15) is 14.4 Å². The molecule has 3 heterocycles. The van der Waals surface area contributed by atoms with Gasteiger partial charge in [-0.15, -0.1) is 10.2 Å². The predicted octanol–water partition coefficient (Wildman–Crippen LogP) is 4.12. The highest BCUT2D eigenvalue weighted by Crippen LogP contribution is 2.26. The summed E-state index contributed by atoms with van der Waals surface area (Å²) in [5, 5.41) is 13.6. The maximum Gasteiger partial charge on any atom is 0.261 e. The molecule has 0 unspecified atom stereocenters. The Morgan fingerprint density at radius 2 is 1.71 bits per heavy atom. The highest BCUT2D eigenvalue weighted by Gasteiger charge is 2.34. The van der Waals surface area contributed by atoms with Crippen LogP contribution in [0.2, 0.25) is 0 Å². The Morgan fingerprint density at radius 1 is 1.00 bits per heavy atom. The molecular weight excluding hydrogens is 450 g/mol. The van der Waals surface area contributed by atoms with Gasteiger partial charge in [0.1, 0.15) is 5.01 Å². The van der Waals surface area contributed by atoms with Gasteiger partial charge in [0.15, 0.2) is 0 Å². The SMILES string of the molecule is CCn1cc(Cc2nnc(NC(=O)CCCN3C(=O)c4ccccc4C3=O)s2)c2ccccc21. The molecule has 0 aliphatic carbocycles. The van der Waals surface area contributed by atoms with Gasteiger partial charge >= 0.3 is 0 Å². The van der Waals surface area contributed by atoms with Gasteiger partial charge in [0.05, 0.1) is 11.1 Å².